The fourth-order valence-electron chi connectivity index (χ4n) is 4.49. The number of nitrogens with two attached hydrogens (primary N) is 1. The highest BCUT2D eigenvalue weighted by atomic mass is 16.4. The van der Waals surface area contributed by atoms with Crippen molar-refractivity contribution in [2.24, 2.45) is 11.7 Å². The van der Waals surface area contributed by atoms with E-state index >= 15 is 0 Å². The van der Waals surface area contributed by atoms with Gasteiger partial charge in [-0.1, -0.05) is 54.6 Å². The van der Waals surface area contributed by atoms with Crippen molar-refractivity contribution in [2.45, 2.75) is 44.6 Å². The molecule has 3 rings (SSSR count). The number of primary amides is 1. The molecule has 0 aliphatic rings. The topological polar surface area (TPSA) is 181 Å². The van der Waals surface area contributed by atoms with E-state index in [-0.39, 0.29) is 43.2 Å². The third-order valence-corrected chi connectivity index (χ3v) is 6.50. The summed E-state index contributed by atoms with van der Waals surface area (Å²) in [6.45, 7) is 0. The van der Waals surface area contributed by atoms with E-state index in [1.807, 2.05) is 12.1 Å². The first-order chi connectivity index (χ1) is 19.1. The molecule has 40 heavy (non-hydrogen) atoms. The van der Waals surface area contributed by atoms with E-state index in [4.69, 9.17) is 15.9 Å². The second kappa shape index (κ2) is 13.8. The molecule has 0 aliphatic heterocycles. The van der Waals surface area contributed by atoms with Crippen LogP contribution in [0.2, 0.25) is 0 Å². The molecule has 10 heteroatoms. The number of amides is 2. The summed E-state index contributed by atoms with van der Waals surface area (Å²) in [6.07, 6.45) is -1.11. The Morgan fingerprint density at radius 1 is 0.800 bits per heavy atom. The number of ketones is 2. The summed E-state index contributed by atoms with van der Waals surface area (Å²) < 4.78 is 0. The van der Waals surface area contributed by atoms with Crippen LogP contribution in [0.3, 0.4) is 0 Å². The van der Waals surface area contributed by atoms with Gasteiger partial charge in [-0.05, 0) is 47.7 Å². The number of benzene rings is 3. The molecule has 0 saturated carbocycles. The molecular formula is C30H30N2O8. The minimum Gasteiger partial charge on any atom is -0.481 e. The number of carbonyl (C=O) groups excluding carboxylic acids is 4. The number of aliphatic carboxylic acids is 2. The molecule has 3 aromatic carbocycles. The quantitative estimate of drug-likeness (QED) is 0.166. The number of carboxylic acids is 2. The van der Waals surface area contributed by atoms with E-state index in [0.717, 1.165) is 10.8 Å². The lowest BCUT2D eigenvalue weighted by molar-refractivity contribution is -0.138. The Balaban J connectivity index is 1.92. The number of hydrogen-bond donors (Lipinski definition) is 4. The minimum absolute atomic E-state index is 0.0140. The molecule has 208 valence electrons. The summed E-state index contributed by atoms with van der Waals surface area (Å²) in [5.74, 6) is -6.63. The predicted octanol–water partition coefficient (Wildman–Crippen LogP) is 3.15. The maximum absolute atomic E-state index is 13.7. The van der Waals surface area contributed by atoms with Crippen molar-refractivity contribution < 1.29 is 39.0 Å². The minimum atomic E-state index is -1.50. The van der Waals surface area contributed by atoms with Crippen LogP contribution in [-0.2, 0) is 25.6 Å². The van der Waals surface area contributed by atoms with Crippen molar-refractivity contribution in [1.29, 1.82) is 0 Å². The second-order valence-corrected chi connectivity index (χ2v) is 9.41. The van der Waals surface area contributed by atoms with Gasteiger partial charge in [0.25, 0.3) is 5.91 Å². The molecule has 0 spiro atoms. The van der Waals surface area contributed by atoms with Crippen LogP contribution in [0.15, 0.2) is 66.7 Å². The zero-order valence-electron chi connectivity index (χ0n) is 21.7. The van der Waals surface area contributed by atoms with Crippen LogP contribution in [0.4, 0.5) is 0 Å². The molecular weight excluding hydrogens is 516 g/mol. The molecule has 0 saturated heterocycles. The molecule has 0 aliphatic carbocycles. The number of hydrogen-bond acceptors (Lipinski definition) is 6. The van der Waals surface area contributed by atoms with Crippen molar-refractivity contribution in [3.63, 3.8) is 0 Å². The summed E-state index contributed by atoms with van der Waals surface area (Å²) >= 11 is 0. The lowest BCUT2D eigenvalue weighted by atomic mass is 9.85. The smallest absolute Gasteiger partial charge is 0.303 e. The van der Waals surface area contributed by atoms with Gasteiger partial charge in [-0.2, -0.15) is 0 Å². The molecule has 0 bridgehead atoms. The third-order valence-electron chi connectivity index (χ3n) is 6.50. The van der Waals surface area contributed by atoms with Crippen LogP contribution < -0.4 is 11.1 Å². The molecule has 0 fully saturated rings. The SMILES string of the molecule is NC(=O)C[C@@H](C(=O)c1ccc2ccccc2c1)C(=O)[C@H](CCCC(=O)O)NC(=O)c1ccccc1CCC(=O)O. The fourth-order valence-corrected chi connectivity index (χ4v) is 4.49. The molecule has 0 heterocycles. The van der Waals surface area contributed by atoms with Gasteiger partial charge in [-0.25, -0.2) is 0 Å². The Hall–Kier alpha value is -4.86. The van der Waals surface area contributed by atoms with E-state index < -0.39 is 53.7 Å². The number of aryl methyl sites for hydroxylation is 1. The highest BCUT2D eigenvalue weighted by Gasteiger charge is 2.35. The molecule has 0 radical (unpaired) electrons. The lowest BCUT2D eigenvalue weighted by Crippen LogP contribution is -2.46. The van der Waals surface area contributed by atoms with Crippen LogP contribution in [0, 0.1) is 5.92 Å². The maximum atomic E-state index is 13.7. The largest absolute Gasteiger partial charge is 0.481 e. The summed E-state index contributed by atoms with van der Waals surface area (Å²) in [4.78, 5) is 74.6. The molecule has 5 N–H and O–H groups in total. The zero-order valence-corrected chi connectivity index (χ0v) is 21.7. The van der Waals surface area contributed by atoms with Crippen LogP contribution in [0.5, 0.6) is 0 Å². The molecule has 2 amide bonds. The van der Waals surface area contributed by atoms with Crippen molar-refractivity contribution in [2.75, 3.05) is 0 Å². The average molecular weight is 547 g/mol. The highest BCUT2D eigenvalue weighted by Crippen LogP contribution is 2.22. The molecule has 0 aromatic heterocycles. The van der Waals surface area contributed by atoms with Crippen LogP contribution in [0.1, 0.15) is 58.4 Å². The first kappa shape index (κ1) is 29.7. The molecule has 3 aromatic rings. The van der Waals surface area contributed by atoms with Crippen LogP contribution in [0.25, 0.3) is 10.8 Å². The van der Waals surface area contributed by atoms with Gasteiger partial charge in [-0.15, -0.1) is 0 Å². The second-order valence-electron chi connectivity index (χ2n) is 9.41. The summed E-state index contributed by atoms with van der Waals surface area (Å²) in [5, 5.41) is 22.3. The molecule has 10 nitrogen and oxygen atoms in total. The Kier molecular flexibility index (Phi) is 10.2. The summed E-state index contributed by atoms with van der Waals surface area (Å²) in [7, 11) is 0. The first-order valence-corrected chi connectivity index (χ1v) is 12.7. The van der Waals surface area contributed by atoms with Gasteiger partial charge in [0.05, 0.1) is 12.0 Å². The first-order valence-electron chi connectivity index (χ1n) is 12.7. The van der Waals surface area contributed by atoms with Crippen molar-refractivity contribution in [3.05, 3.63) is 83.4 Å². The molecule has 2 atom stereocenters. The van der Waals surface area contributed by atoms with Gasteiger partial charge in [0.2, 0.25) is 5.91 Å². The van der Waals surface area contributed by atoms with E-state index in [9.17, 15) is 28.8 Å². The number of Topliss-reactive ketones (excluding diaryl/α,β-unsaturated/α-hetero) is 2. The lowest BCUT2D eigenvalue weighted by Gasteiger charge is -2.23. The molecule has 0 unspecified atom stereocenters. The number of fused-ring (bicyclic) bond motifs is 1. The van der Waals surface area contributed by atoms with Gasteiger partial charge in [-0.3, -0.25) is 28.8 Å². The van der Waals surface area contributed by atoms with Crippen molar-refractivity contribution in [3.8, 4) is 0 Å². The summed E-state index contributed by atoms with van der Waals surface area (Å²) in [5.41, 5.74) is 6.17. The number of nitrogens with one attached hydrogen (secondary N) is 1. The number of carbonyl (C=O) groups is 6. The average Bonchev–Trinajstić information content (AvgIpc) is 2.93. The Morgan fingerprint density at radius 2 is 1.45 bits per heavy atom. The van der Waals surface area contributed by atoms with Gasteiger partial charge in [0.15, 0.2) is 11.6 Å². The van der Waals surface area contributed by atoms with Gasteiger partial charge in [0, 0.05) is 30.4 Å². The third kappa shape index (κ3) is 8.07. The van der Waals surface area contributed by atoms with E-state index in [0.29, 0.717) is 5.56 Å². The van der Waals surface area contributed by atoms with Gasteiger partial charge < -0.3 is 21.3 Å². The van der Waals surface area contributed by atoms with Crippen molar-refractivity contribution >= 4 is 46.1 Å². The van der Waals surface area contributed by atoms with Gasteiger partial charge in [0.1, 0.15) is 0 Å². The monoisotopic (exact) mass is 546 g/mol. The maximum Gasteiger partial charge on any atom is 0.303 e. The predicted molar refractivity (Wildman–Crippen MR) is 146 cm³/mol. The Labute approximate surface area is 230 Å². The van der Waals surface area contributed by atoms with E-state index in [2.05, 4.69) is 5.32 Å². The normalized spacial score (nSPS) is 12.3. The Bertz CT molecular complexity index is 1450. The van der Waals surface area contributed by atoms with Crippen LogP contribution in [-0.4, -0.2) is 51.6 Å². The zero-order chi connectivity index (χ0) is 29.2. The van der Waals surface area contributed by atoms with Crippen molar-refractivity contribution in [1.82, 2.24) is 5.32 Å². The standard InChI is InChI=1S/C30H30N2O8/c31-25(33)17-23(28(38)21-13-12-18-6-1-2-8-20(18)16-21)29(39)24(10-5-11-26(34)35)32-30(40)22-9-4-3-7-19(22)14-15-27(36)37/h1-4,6-9,12-13,16,23-24H,5,10-11,14-15,17H2,(H2,31,33)(H,32,40)(H,34,35)(H,36,37)/t23-,24-/m0/s1. The van der Waals surface area contributed by atoms with Crippen LogP contribution >= 0.6 is 0 Å². The van der Waals surface area contributed by atoms with E-state index in [1.54, 1.807) is 48.5 Å². The number of rotatable bonds is 15. The van der Waals surface area contributed by atoms with Gasteiger partial charge >= 0.3 is 11.9 Å². The Morgan fingerprint density at radius 3 is 2.12 bits per heavy atom. The van der Waals surface area contributed by atoms with E-state index in [1.165, 1.54) is 6.07 Å². The summed E-state index contributed by atoms with van der Waals surface area (Å²) in [6, 6.07) is 17.2. The number of carboxylic acid groups (broad SMARTS) is 2. The fraction of sp³-hybridized carbons (Fsp3) is 0.267. The highest BCUT2D eigenvalue weighted by molar-refractivity contribution is 6.15.